The highest BCUT2D eigenvalue weighted by molar-refractivity contribution is 6.34. The molecule has 1 rings (SSSR count). The third-order valence-corrected chi connectivity index (χ3v) is 2.50. The molecule has 0 aliphatic heterocycles. The van der Waals surface area contributed by atoms with Gasteiger partial charge in [-0.3, -0.25) is 4.79 Å². The molecule has 0 radical (unpaired) electrons. The van der Waals surface area contributed by atoms with Crippen molar-refractivity contribution in [3.63, 3.8) is 0 Å². The second-order valence-electron chi connectivity index (χ2n) is 3.38. The van der Waals surface area contributed by atoms with E-state index < -0.39 is 0 Å². The van der Waals surface area contributed by atoms with E-state index in [0.29, 0.717) is 29.6 Å². The molecule has 0 unspecified atom stereocenters. The molecule has 1 amide bonds. The summed E-state index contributed by atoms with van der Waals surface area (Å²) in [4.78, 5) is 10.9. The summed E-state index contributed by atoms with van der Waals surface area (Å²) in [7, 11) is 1.62. The number of amides is 1. The Balaban J connectivity index is 2.34. The Labute approximate surface area is 105 Å². The molecule has 3 nitrogen and oxygen atoms in total. The summed E-state index contributed by atoms with van der Waals surface area (Å²) in [5.74, 6) is 0.0247. The number of carbonyl (C=O) groups excluding carboxylic acids is 1. The van der Waals surface area contributed by atoms with E-state index in [4.69, 9.17) is 23.2 Å². The maximum atomic E-state index is 10.9. The van der Waals surface area contributed by atoms with Crippen molar-refractivity contribution in [1.82, 2.24) is 10.6 Å². The van der Waals surface area contributed by atoms with E-state index >= 15 is 0 Å². The third-order valence-electron chi connectivity index (χ3n) is 2.06. The van der Waals surface area contributed by atoms with E-state index in [1.54, 1.807) is 13.1 Å². The predicted octanol–water partition coefficient (Wildman–Crippen LogP) is 2.22. The van der Waals surface area contributed by atoms with Crippen LogP contribution in [0, 0.1) is 0 Å². The maximum absolute atomic E-state index is 10.9. The minimum atomic E-state index is 0.0247. The molecule has 0 bridgehead atoms. The van der Waals surface area contributed by atoms with Crippen molar-refractivity contribution < 1.29 is 4.79 Å². The van der Waals surface area contributed by atoms with Crippen molar-refractivity contribution in [1.29, 1.82) is 0 Å². The smallest absolute Gasteiger partial charge is 0.221 e. The molecule has 0 atom stereocenters. The van der Waals surface area contributed by atoms with Gasteiger partial charge in [-0.25, -0.2) is 0 Å². The molecule has 0 aromatic heterocycles. The van der Waals surface area contributed by atoms with E-state index in [9.17, 15) is 4.79 Å². The van der Waals surface area contributed by atoms with Crippen LogP contribution < -0.4 is 10.6 Å². The van der Waals surface area contributed by atoms with Gasteiger partial charge in [0.05, 0.1) is 0 Å². The zero-order chi connectivity index (χ0) is 12.0. The van der Waals surface area contributed by atoms with Crippen LogP contribution in [0.25, 0.3) is 0 Å². The fourth-order valence-electron chi connectivity index (χ4n) is 1.27. The number of hydrogen-bond acceptors (Lipinski definition) is 2. The summed E-state index contributed by atoms with van der Waals surface area (Å²) < 4.78 is 0. The number of benzene rings is 1. The second kappa shape index (κ2) is 6.74. The van der Waals surface area contributed by atoms with Crippen molar-refractivity contribution in [3.8, 4) is 0 Å². The van der Waals surface area contributed by atoms with Gasteiger partial charge in [-0.15, -0.1) is 0 Å². The van der Waals surface area contributed by atoms with Gasteiger partial charge in [-0.2, -0.15) is 0 Å². The zero-order valence-electron chi connectivity index (χ0n) is 9.02. The van der Waals surface area contributed by atoms with E-state index in [-0.39, 0.29) is 5.91 Å². The first-order valence-electron chi connectivity index (χ1n) is 4.98. The summed E-state index contributed by atoms with van der Waals surface area (Å²) in [6.45, 7) is 1.28. The molecule has 0 heterocycles. The van der Waals surface area contributed by atoms with Gasteiger partial charge in [0.15, 0.2) is 0 Å². The van der Waals surface area contributed by atoms with Crippen LogP contribution in [0.3, 0.4) is 0 Å². The SMILES string of the molecule is CNC(=O)CCNCc1cc(Cl)cc(Cl)c1. The molecule has 0 saturated carbocycles. The number of hydrogen-bond donors (Lipinski definition) is 2. The molecule has 1 aromatic carbocycles. The number of carbonyl (C=O) groups is 1. The number of rotatable bonds is 5. The molecular formula is C11H14Cl2N2O. The van der Waals surface area contributed by atoms with Crippen LogP contribution in [0.1, 0.15) is 12.0 Å². The van der Waals surface area contributed by atoms with Crippen LogP contribution in [0.2, 0.25) is 10.0 Å². The molecule has 0 saturated heterocycles. The Kier molecular flexibility index (Phi) is 5.60. The van der Waals surface area contributed by atoms with Crippen molar-refractivity contribution >= 4 is 29.1 Å². The Hall–Kier alpha value is -0.770. The van der Waals surface area contributed by atoms with Crippen molar-refractivity contribution in [2.45, 2.75) is 13.0 Å². The third kappa shape index (κ3) is 4.84. The summed E-state index contributed by atoms with van der Waals surface area (Å²) in [5, 5.41) is 6.95. The molecule has 0 spiro atoms. The van der Waals surface area contributed by atoms with E-state index in [1.807, 2.05) is 12.1 Å². The second-order valence-corrected chi connectivity index (χ2v) is 4.25. The summed E-state index contributed by atoms with van der Waals surface area (Å²) in [6.07, 6.45) is 0.463. The quantitative estimate of drug-likeness (QED) is 0.798. The van der Waals surface area contributed by atoms with Crippen molar-refractivity contribution in [2.24, 2.45) is 0 Å². The van der Waals surface area contributed by atoms with Gasteiger partial charge in [0.2, 0.25) is 5.91 Å². The van der Waals surface area contributed by atoms with Crippen LogP contribution in [0.5, 0.6) is 0 Å². The van der Waals surface area contributed by atoms with Crippen LogP contribution >= 0.6 is 23.2 Å². The van der Waals surface area contributed by atoms with Crippen molar-refractivity contribution in [2.75, 3.05) is 13.6 Å². The van der Waals surface area contributed by atoms with Gasteiger partial charge in [0.1, 0.15) is 0 Å². The molecule has 5 heteroatoms. The lowest BCUT2D eigenvalue weighted by atomic mass is 10.2. The first kappa shape index (κ1) is 13.3. The molecular weight excluding hydrogens is 247 g/mol. The van der Waals surface area contributed by atoms with Crippen molar-refractivity contribution in [3.05, 3.63) is 33.8 Å². The minimum Gasteiger partial charge on any atom is -0.359 e. The molecule has 2 N–H and O–H groups in total. The highest BCUT2D eigenvalue weighted by Crippen LogP contribution is 2.18. The Morgan fingerprint density at radius 1 is 1.25 bits per heavy atom. The van der Waals surface area contributed by atoms with E-state index in [2.05, 4.69) is 10.6 Å². The predicted molar refractivity (Wildman–Crippen MR) is 66.9 cm³/mol. The average molecular weight is 261 g/mol. The van der Waals surface area contributed by atoms with Crippen LogP contribution in [0.4, 0.5) is 0 Å². The van der Waals surface area contributed by atoms with Crippen LogP contribution in [-0.2, 0) is 11.3 Å². The number of nitrogens with one attached hydrogen (secondary N) is 2. The summed E-state index contributed by atoms with van der Waals surface area (Å²) >= 11 is 11.7. The van der Waals surface area contributed by atoms with Gasteiger partial charge in [-0.05, 0) is 23.8 Å². The zero-order valence-corrected chi connectivity index (χ0v) is 10.5. The Bertz CT molecular complexity index is 349. The molecule has 88 valence electrons. The van der Waals surface area contributed by atoms with Crippen LogP contribution in [0.15, 0.2) is 18.2 Å². The fourth-order valence-corrected chi connectivity index (χ4v) is 1.84. The Morgan fingerprint density at radius 2 is 1.88 bits per heavy atom. The first-order valence-corrected chi connectivity index (χ1v) is 5.73. The monoisotopic (exact) mass is 260 g/mol. The highest BCUT2D eigenvalue weighted by atomic mass is 35.5. The number of halogens is 2. The lowest BCUT2D eigenvalue weighted by molar-refractivity contribution is -0.120. The molecule has 0 aliphatic rings. The lowest BCUT2D eigenvalue weighted by Crippen LogP contribution is -2.24. The summed E-state index contributed by atoms with van der Waals surface area (Å²) in [6, 6.07) is 5.39. The van der Waals surface area contributed by atoms with Gasteiger partial charge in [-0.1, -0.05) is 23.2 Å². The normalized spacial score (nSPS) is 10.2. The van der Waals surface area contributed by atoms with E-state index in [0.717, 1.165) is 5.56 Å². The first-order chi connectivity index (χ1) is 7.61. The lowest BCUT2D eigenvalue weighted by Gasteiger charge is -2.05. The molecule has 0 fully saturated rings. The molecule has 0 aliphatic carbocycles. The van der Waals surface area contributed by atoms with Gasteiger partial charge >= 0.3 is 0 Å². The van der Waals surface area contributed by atoms with Gasteiger partial charge in [0, 0.05) is 36.6 Å². The standard InChI is InChI=1S/C11H14Cl2N2O/c1-14-11(16)2-3-15-7-8-4-9(12)6-10(13)5-8/h4-6,15H,2-3,7H2,1H3,(H,14,16). The maximum Gasteiger partial charge on any atom is 0.221 e. The Morgan fingerprint density at radius 3 is 2.44 bits per heavy atom. The van der Waals surface area contributed by atoms with E-state index in [1.165, 1.54) is 0 Å². The molecule has 1 aromatic rings. The topological polar surface area (TPSA) is 41.1 Å². The molecule has 16 heavy (non-hydrogen) atoms. The average Bonchev–Trinajstić information content (AvgIpc) is 2.22. The fraction of sp³-hybridized carbons (Fsp3) is 0.364. The van der Waals surface area contributed by atoms with Crippen LogP contribution in [-0.4, -0.2) is 19.5 Å². The van der Waals surface area contributed by atoms with Gasteiger partial charge < -0.3 is 10.6 Å². The minimum absolute atomic E-state index is 0.0247. The largest absolute Gasteiger partial charge is 0.359 e. The summed E-state index contributed by atoms with van der Waals surface area (Å²) in [5.41, 5.74) is 1.01. The highest BCUT2D eigenvalue weighted by Gasteiger charge is 1.99. The van der Waals surface area contributed by atoms with Gasteiger partial charge in [0.25, 0.3) is 0 Å².